The molecule has 1 aromatic carbocycles. The summed E-state index contributed by atoms with van der Waals surface area (Å²) in [6.07, 6.45) is 2.02. The fraction of sp³-hybridized carbons (Fsp3) is 0.412. The van der Waals surface area contributed by atoms with E-state index in [9.17, 15) is 19.3 Å². The van der Waals surface area contributed by atoms with Gasteiger partial charge >= 0.3 is 5.69 Å². The van der Waals surface area contributed by atoms with Crippen molar-refractivity contribution in [3.8, 4) is 0 Å². The predicted octanol–water partition coefficient (Wildman–Crippen LogP) is 2.81. The van der Waals surface area contributed by atoms with Gasteiger partial charge in [-0.2, -0.15) is 5.10 Å². The molecule has 0 spiro atoms. The summed E-state index contributed by atoms with van der Waals surface area (Å²) in [5.74, 6) is -0.259. The third kappa shape index (κ3) is 3.67. The monoisotopic (exact) mass is 346 g/mol. The van der Waals surface area contributed by atoms with Crippen molar-refractivity contribution in [1.82, 2.24) is 15.1 Å². The molecule has 1 aliphatic carbocycles. The summed E-state index contributed by atoms with van der Waals surface area (Å²) < 4.78 is 14.5. The Bertz CT molecular complexity index is 812. The summed E-state index contributed by atoms with van der Waals surface area (Å²) in [5, 5.41) is 18.1. The number of nitro groups is 1. The van der Waals surface area contributed by atoms with Crippen molar-refractivity contribution in [2.75, 3.05) is 0 Å². The molecule has 8 heteroatoms. The fourth-order valence-corrected chi connectivity index (χ4v) is 3.03. The molecular formula is C17H19FN4O3. The molecule has 0 radical (unpaired) electrons. The number of nitrogens with one attached hydrogen (secondary N) is 1. The van der Waals surface area contributed by atoms with Crippen molar-refractivity contribution >= 4 is 11.6 Å². The molecule has 1 aliphatic rings. The van der Waals surface area contributed by atoms with E-state index in [0.29, 0.717) is 11.6 Å². The van der Waals surface area contributed by atoms with Crippen LogP contribution in [-0.4, -0.2) is 20.6 Å². The molecule has 0 saturated heterocycles. The fourth-order valence-electron chi connectivity index (χ4n) is 3.03. The van der Waals surface area contributed by atoms with Crippen LogP contribution in [0, 0.1) is 35.7 Å². The van der Waals surface area contributed by atoms with Crippen LogP contribution in [0.1, 0.15) is 35.8 Å². The molecule has 3 rings (SSSR count). The minimum absolute atomic E-state index is 0.0647. The van der Waals surface area contributed by atoms with Gasteiger partial charge in [0.1, 0.15) is 23.7 Å². The van der Waals surface area contributed by atoms with Crippen molar-refractivity contribution in [3.05, 3.63) is 57.1 Å². The van der Waals surface area contributed by atoms with Crippen LogP contribution in [0.15, 0.2) is 24.3 Å². The number of benzene rings is 1. The maximum atomic E-state index is 13.1. The highest BCUT2D eigenvalue weighted by atomic mass is 19.1. The number of carbonyl (C=O) groups excluding carboxylic acids is 1. The number of halogens is 1. The average Bonchev–Trinajstić information content (AvgIpc) is 3.33. The highest BCUT2D eigenvalue weighted by Crippen LogP contribution is 2.41. The van der Waals surface area contributed by atoms with E-state index in [1.165, 1.54) is 16.8 Å². The minimum atomic E-state index is -0.489. The first-order valence-corrected chi connectivity index (χ1v) is 8.10. The minimum Gasteiger partial charge on any atom is -0.347 e. The van der Waals surface area contributed by atoms with E-state index in [2.05, 4.69) is 10.4 Å². The Morgan fingerprint density at radius 2 is 2.04 bits per heavy atom. The van der Waals surface area contributed by atoms with Gasteiger partial charge < -0.3 is 5.32 Å². The van der Waals surface area contributed by atoms with Crippen molar-refractivity contribution in [3.63, 3.8) is 0 Å². The van der Waals surface area contributed by atoms with Crippen molar-refractivity contribution in [1.29, 1.82) is 0 Å². The molecule has 0 bridgehead atoms. The first kappa shape index (κ1) is 17.1. The third-order valence-corrected chi connectivity index (χ3v) is 4.46. The normalized spacial score (nSPS) is 15.0. The molecule has 25 heavy (non-hydrogen) atoms. The second kappa shape index (κ2) is 6.62. The van der Waals surface area contributed by atoms with Crippen molar-refractivity contribution < 1.29 is 14.1 Å². The first-order valence-electron chi connectivity index (χ1n) is 8.10. The van der Waals surface area contributed by atoms with Crippen LogP contribution in [0.25, 0.3) is 0 Å². The molecule has 1 fully saturated rings. The van der Waals surface area contributed by atoms with Gasteiger partial charge in [0.15, 0.2) is 0 Å². The zero-order valence-electron chi connectivity index (χ0n) is 14.0. The Hall–Kier alpha value is -2.77. The first-order chi connectivity index (χ1) is 11.9. The van der Waals surface area contributed by atoms with Crippen LogP contribution in [0.5, 0.6) is 0 Å². The van der Waals surface area contributed by atoms with Gasteiger partial charge in [-0.15, -0.1) is 0 Å². The molecule has 1 atom stereocenters. The van der Waals surface area contributed by atoms with Crippen LogP contribution in [-0.2, 0) is 11.3 Å². The molecular weight excluding hydrogens is 327 g/mol. The largest absolute Gasteiger partial charge is 0.347 e. The molecule has 1 amide bonds. The highest BCUT2D eigenvalue weighted by molar-refractivity contribution is 5.76. The Morgan fingerprint density at radius 1 is 1.40 bits per heavy atom. The number of hydrogen-bond donors (Lipinski definition) is 1. The van der Waals surface area contributed by atoms with Crippen molar-refractivity contribution in [2.24, 2.45) is 5.92 Å². The van der Waals surface area contributed by atoms with Gasteiger partial charge in [0.25, 0.3) is 0 Å². The summed E-state index contributed by atoms with van der Waals surface area (Å²) in [7, 11) is 0. The van der Waals surface area contributed by atoms with Gasteiger partial charge in [-0.1, -0.05) is 12.1 Å². The molecule has 1 N–H and O–H groups in total. The SMILES string of the molecule is Cc1nn(CC(=O)N[C@@H](c2ccc(F)cc2)C2CC2)c(C)c1[N+](=O)[O-]. The Kier molecular flexibility index (Phi) is 4.52. The molecule has 1 heterocycles. The van der Waals surface area contributed by atoms with Gasteiger partial charge in [-0.05, 0) is 50.3 Å². The molecule has 1 saturated carbocycles. The molecule has 1 aromatic heterocycles. The van der Waals surface area contributed by atoms with Gasteiger partial charge in [-0.25, -0.2) is 4.39 Å². The summed E-state index contributed by atoms with van der Waals surface area (Å²) in [6, 6.07) is 5.92. The molecule has 7 nitrogen and oxygen atoms in total. The lowest BCUT2D eigenvalue weighted by molar-refractivity contribution is -0.386. The molecule has 0 unspecified atom stereocenters. The van der Waals surface area contributed by atoms with E-state index >= 15 is 0 Å². The predicted molar refractivity (Wildman–Crippen MR) is 88.4 cm³/mol. The van der Waals surface area contributed by atoms with Gasteiger partial charge in [-0.3, -0.25) is 19.6 Å². The van der Waals surface area contributed by atoms with E-state index in [1.54, 1.807) is 26.0 Å². The smallest absolute Gasteiger partial charge is 0.312 e. The van der Waals surface area contributed by atoms with Gasteiger partial charge in [0.2, 0.25) is 5.91 Å². The molecule has 132 valence electrons. The molecule has 2 aromatic rings. The maximum Gasteiger partial charge on any atom is 0.312 e. The van der Waals surface area contributed by atoms with Crippen molar-refractivity contribution in [2.45, 2.75) is 39.3 Å². The maximum absolute atomic E-state index is 13.1. The lowest BCUT2D eigenvalue weighted by Gasteiger charge is -2.19. The number of aryl methyl sites for hydroxylation is 1. The second-order valence-corrected chi connectivity index (χ2v) is 6.37. The molecule has 0 aliphatic heterocycles. The number of nitrogens with zero attached hydrogens (tertiary/aromatic N) is 3. The van der Waals surface area contributed by atoms with Crippen LogP contribution in [0.3, 0.4) is 0 Å². The summed E-state index contributed by atoms with van der Waals surface area (Å²) in [5.41, 5.74) is 1.43. The number of hydrogen-bond acceptors (Lipinski definition) is 4. The van der Waals surface area contributed by atoms with E-state index in [0.717, 1.165) is 18.4 Å². The summed E-state index contributed by atoms with van der Waals surface area (Å²) in [4.78, 5) is 23.0. The summed E-state index contributed by atoms with van der Waals surface area (Å²) in [6.45, 7) is 3.03. The lowest BCUT2D eigenvalue weighted by atomic mass is 10.0. The van der Waals surface area contributed by atoms with Gasteiger partial charge in [0.05, 0.1) is 11.0 Å². The topological polar surface area (TPSA) is 90.1 Å². The second-order valence-electron chi connectivity index (χ2n) is 6.37. The Morgan fingerprint density at radius 3 is 2.56 bits per heavy atom. The third-order valence-electron chi connectivity index (χ3n) is 4.46. The Labute approximate surface area is 144 Å². The van der Waals surface area contributed by atoms with Gasteiger partial charge in [0, 0.05) is 0 Å². The van der Waals surface area contributed by atoms with Crippen LogP contribution >= 0.6 is 0 Å². The van der Waals surface area contributed by atoms with Crippen LogP contribution in [0.4, 0.5) is 10.1 Å². The Balaban J connectivity index is 1.74. The van der Waals surface area contributed by atoms with E-state index < -0.39 is 4.92 Å². The average molecular weight is 346 g/mol. The lowest BCUT2D eigenvalue weighted by Crippen LogP contribution is -2.33. The van der Waals surface area contributed by atoms with Crippen LogP contribution < -0.4 is 5.32 Å². The quantitative estimate of drug-likeness (QED) is 0.643. The number of amides is 1. The number of carbonyl (C=O) groups is 1. The highest BCUT2D eigenvalue weighted by Gasteiger charge is 2.33. The number of rotatable bonds is 6. The van der Waals surface area contributed by atoms with E-state index in [-0.39, 0.29) is 35.7 Å². The van der Waals surface area contributed by atoms with E-state index in [1.807, 2.05) is 0 Å². The van der Waals surface area contributed by atoms with E-state index in [4.69, 9.17) is 0 Å². The standard InChI is InChI=1S/C17H19FN4O3/c1-10-17(22(24)25)11(2)21(20-10)9-15(23)19-16(12-3-4-12)13-5-7-14(18)8-6-13/h5-8,12,16H,3-4,9H2,1-2H3,(H,19,23)/t16-/m1/s1. The summed E-state index contributed by atoms with van der Waals surface area (Å²) >= 11 is 0. The zero-order valence-corrected chi connectivity index (χ0v) is 14.0. The van der Waals surface area contributed by atoms with Crippen LogP contribution in [0.2, 0.25) is 0 Å². The zero-order chi connectivity index (χ0) is 18.1. The number of aromatic nitrogens is 2.